The molecular weight excluding hydrogens is 450 g/mol. The van der Waals surface area contributed by atoms with Gasteiger partial charge in [0.2, 0.25) is 15.9 Å². The van der Waals surface area contributed by atoms with Gasteiger partial charge in [0.1, 0.15) is 0 Å². The number of carbonyl (C=O) groups is 1. The molecule has 2 saturated heterocycles. The second-order valence-electron chi connectivity index (χ2n) is 8.33. The van der Waals surface area contributed by atoms with Crippen molar-refractivity contribution in [3.05, 3.63) is 41.6 Å². The zero-order valence-corrected chi connectivity index (χ0v) is 19.5. The maximum absolute atomic E-state index is 13.1. The van der Waals surface area contributed by atoms with Crippen LogP contribution in [0.2, 0.25) is 5.15 Å². The van der Waals surface area contributed by atoms with E-state index < -0.39 is 10.0 Å². The number of hydrogen-bond donors (Lipinski definition) is 1. The van der Waals surface area contributed by atoms with Crippen LogP contribution in [0.1, 0.15) is 38.5 Å². The van der Waals surface area contributed by atoms with Crippen molar-refractivity contribution in [2.75, 3.05) is 36.4 Å². The summed E-state index contributed by atoms with van der Waals surface area (Å²) in [5.74, 6) is 0.338. The third-order valence-corrected chi connectivity index (χ3v) is 8.13. The van der Waals surface area contributed by atoms with E-state index in [9.17, 15) is 13.2 Å². The molecule has 1 amide bonds. The summed E-state index contributed by atoms with van der Waals surface area (Å²) in [6.45, 7) is 2.41. The van der Waals surface area contributed by atoms with Crippen molar-refractivity contribution in [3.63, 3.8) is 0 Å². The van der Waals surface area contributed by atoms with Crippen molar-refractivity contribution in [2.24, 2.45) is 5.92 Å². The number of rotatable bonds is 5. The summed E-state index contributed by atoms with van der Waals surface area (Å²) in [6.07, 6.45) is 5.49. The Morgan fingerprint density at radius 3 is 2.50 bits per heavy atom. The molecule has 0 unspecified atom stereocenters. The van der Waals surface area contributed by atoms with E-state index in [0.717, 1.165) is 45.1 Å². The molecule has 8 nitrogen and oxygen atoms in total. The highest BCUT2D eigenvalue weighted by Gasteiger charge is 2.28. The highest BCUT2D eigenvalue weighted by molar-refractivity contribution is 7.89. The van der Waals surface area contributed by atoms with Gasteiger partial charge in [0.15, 0.2) is 11.0 Å². The molecule has 1 aromatic carbocycles. The third-order valence-electron chi connectivity index (χ3n) is 6.04. The van der Waals surface area contributed by atoms with Gasteiger partial charge in [-0.3, -0.25) is 4.79 Å². The van der Waals surface area contributed by atoms with E-state index in [2.05, 4.69) is 15.5 Å². The first-order valence-corrected chi connectivity index (χ1v) is 12.9. The summed E-state index contributed by atoms with van der Waals surface area (Å²) >= 11 is 5.82. The Kier molecular flexibility index (Phi) is 7.27. The minimum atomic E-state index is -3.57. The quantitative estimate of drug-likeness (QED) is 0.707. The third kappa shape index (κ3) is 5.39. The Morgan fingerprint density at radius 1 is 1.00 bits per heavy atom. The number of carbonyl (C=O) groups excluding carboxylic acids is 1. The highest BCUT2D eigenvalue weighted by Crippen LogP contribution is 2.25. The standard InChI is InChI=1S/C22H28ClN5O3S/c23-20-10-11-21(26-25-20)27-12-6-7-17(16-27)22(29)24-18-8-5-9-19(15-18)32(30,31)28-13-3-1-2-4-14-28/h5,8-11,15,17H,1-4,6-7,12-14,16H2,(H,24,29)/t17-/m1/s1. The summed E-state index contributed by atoms with van der Waals surface area (Å²) in [4.78, 5) is 15.2. The van der Waals surface area contributed by atoms with Gasteiger partial charge in [0.25, 0.3) is 0 Å². The van der Waals surface area contributed by atoms with Gasteiger partial charge >= 0.3 is 0 Å². The zero-order valence-electron chi connectivity index (χ0n) is 17.9. The van der Waals surface area contributed by atoms with E-state index in [1.807, 2.05) is 4.90 Å². The first kappa shape index (κ1) is 22.9. The molecule has 4 rings (SSSR count). The van der Waals surface area contributed by atoms with Crippen LogP contribution in [0, 0.1) is 5.92 Å². The minimum absolute atomic E-state index is 0.124. The molecule has 1 aromatic heterocycles. The smallest absolute Gasteiger partial charge is 0.243 e. The second kappa shape index (κ2) is 10.1. The number of nitrogens with one attached hydrogen (secondary N) is 1. The number of halogens is 1. The number of benzene rings is 1. The van der Waals surface area contributed by atoms with Gasteiger partial charge in [0, 0.05) is 31.9 Å². The van der Waals surface area contributed by atoms with Crippen LogP contribution in [-0.2, 0) is 14.8 Å². The molecule has 0 aliphatic carbocycles. The van der Waals surface area contributed by atoms with E-state index in [4.69, 9.17) is 11.6 Å². The Balaban J connectivity index is 1.43. The van der Waals surface area contributed by atoms with Crippen LogP contribution >= 0.6 is 11.6 Å². The second-order valence-corrected chi connectivity index (χ2v) is 10.7. The summed E-state index contributed by atoms with van der Waals surface area (Å²) in [5.41, 5.74) is 0.495. The molecule has 2 fully saturated rings. The van der Waals surface area contributed by atoms with Crippen LogP contribution in [0.3, 0.4) is 0 Å². The summed E-state index contributed by atoms with van der Waals surface area (Å²) < 4.78 is 27.7. The number of piperidine rings is 1. The summed E-state index contributed by atoms with van der Waals surface area (Å²) in [6, 6.07) is 10.0. The fourth-order valence-corrected chi connectivity index (χ4v) is 5.95. The van der Waals surface area contributed by atoms with Gasteiger partial charge in [-0.15, -0.1) is 10.2 Å². The number of hydrogen-bond acceptors (Lipinski definition) is 6. The van der Waals surface area contributed by atoms with Crippen molar-refractivity contribution in [3.8, 4) is 0 Å². The van der Waals surface area contributed by atoms with Gasteiger partial charge in [-0.25, -0.2) is 8.42 Å². The predicted octanol–water partition coefficient (Wildman–Crippen LogP) is 3.55. The first-order valence-electron chi connectivity index (χ1n) is 11.1. The minimum Gasteiger partial charge on any atom is -0.354 e. The van der Waals surface area contributed by atoms with Crippen molar-refractivity contribution in [2.45, 2.75) is 43.4 Å². The zero-order chi connectivity index (χ0) is 22.6. The monoisotopic (exact) mass is 477 g/mol. The molecule has 172 valence electrons. The van der Waals surface area contributed by atoms with E-state index in [0.29, 0.717) is 36.3 Å². The molecule has 0 spiro atoms. The number of sulfonamides is 1. The van der Waals surface area contributed by atoms with E-state index in [1.165, 1.54) is 0 Å². The molecule has 32 heavy (non-hydrogen) atoms. The highest BCUT2D eigenvalue weighted by atomic mass is 35.5. The fourth-order valence-electron chi connectivity index (χ4n) is 4.29. The van der Waals surface area contributed by atoms with Crippen LogP contribution in [-0.4, -0.2) is 55.0 Å². The SMILES string of the molecule is O=C(Nc1cccc(S(=O)(=O)N2CCCCCC2)c1)[C@@H]1CCCN(c2ccc(Cl)nn2)C1. The Labute approximate surface area is 194 Å². The molecule has 2 aromatic rings. The van der Waals surface area contributed by atoms with Gasteiger partial charge in [-0.2, -0.15) is 4.31 Å². The largest absolute Gasteiger partial charge is 0.354 e. The number of aromatic nitrogens is 2. The molecule has 0 saturated carbocycles. The van der Waals surface area contributed by atoms with E-state index in [-0.39, 0.29) is 16.7 Å². The molecular formula is C22H28ClN5O3S. The lowest BCUT2D eigenvalue weighted by molar-refractivity contribution is -0.120. The number of nitrogens with zero attached hydrogens (tertiary/aromatic N) is 4. The Hall–Kier alpha value is -2.23. The van der Waals surface area contributed by atoms with Crippen molar-refractivity contribution >= 4 is 39.0 Å². The lowest BCUT2D eigenvalue weighted by Crippen LogP contribution is -2.41. The van der Waals surface area contributed by atoms with Crippen LogP contribution < -0.4 is 10.2 Å². The molecule has 2 aliphatic heterocycles. The van der Waals surface area contributed by atoms with Crippen molar-refractivity contribution < 1.29 is 13.2 Å². The van der Waals surface area contributed by atoms with Crippen molar-refractivity contribution in [1.29, 1.82) is 0 Å². The van der Waals surface area contributed by atoms with E-state index >= 15 is 0 Å². The maximum Gasteiger partial charge on any atom is 0.243 e. The molecule has 10 heteroatoms. The van der Waals surface area contributed by atoms with Crippen molar-refractivity contribution in [1.82, 2.24) is 14.5 Å². The molecule has 0 radical (unpaired) electrons. The lowest BCUT2D eigenvalue weighted by Gasteiger charge is -2.32. The van der Waals surface area contributed by atoms with Gasteiger partial charge in [-0.1, -0.05) is 30.5 Å². The number of amides is 1. The fraction of sp³-hybridized carbons (Fsp3) is 0.500. The molecule has 2 aliphatic rings. The van der Waals surface area contributed by atoms with Gasteiger partial charge in [0.05, 0.1) is 10.8 Å². The molecule has 3 heterocycles. The Morgan fingerprint density at radius 2 is 1.78 bits per heavy atom. The molecule has 0 bridgehead atoms. The summed E-state index contributed by atoms with van der Waals surface area (Å²) in [5, 5.41) is 11.2. The van der Waals surface area contributed by atoms with Gasteiger partial charge < -0.3 is 10.2 Å². The van der Waals surface area contributed by atoms with Crippen LogP contribution in [0.25, 0.3) is 0 Å². The van der Waals surface area contributed by atoms with Crippen LogP contribution in [0.5, 0.6) is 0 Å². The topological polar surface area (TPSA) is 95.5 Å². The predicted molar refractivity (Wildman–Crippen MR) is 124 cm³/mol. The lowest BCUT2D eigenvalue weighted by atomic mass is 9.97. The Bertz CT molecular complexity index is 1040. The van der Waals surface area contributed by atoms with E-state index in [1.54, 1.807) is 40.7 Å². The average Bonchev–Trinajstić information content (AvgIpc) is 3.10. The van der Waals surface area contributed by atoms with Gasteiger partial charge in [-0.05, 0) is 56.0 Å². The van der Waals surface area contributed by atoms with Crippen LogP contribution in [0.15, 0.2) is 41.3 Å². The maximum atomic E-state index is 13.1. The molecule has 1 atom stereocenters. The number of anilines is 2. The normalized spacial score (nSPS) is 20.5. The van der Waals surface area contributed by atoms with Crippen LogP contribution in [0.4, 0.5) is 11.5 Å². The molecule has 1 N–H and O–H groups in total. The first-order chi connectivity index (χ1) is 15.4. The summed E-state index contributed by atoms with van der Waals surface area (Å²) in [7, 11) is -3.57. The average molecular weight is 478 g/mol.